The van der Waals surface area contributed by atoms with Crippen molar-refractivity contribution in [2.24, 2.45) is 0 Å². The molecule has 0 radical (unpaired) electrons. The van der Waals surface area contributed by atoms with Crippen LogP contribution in [-0.4, -0.2) is 19.2 Å². The molecule has 0 heterocycles. The first-order valence-corrected chi connectivity index (χ1v) is 4.55. The molecule has 4 heteroatoms. The van der Waals surface area contributed by atoms with Crippen LogP contribution in [0.25, 0.3) is 0 Å². The summed E-state index contributed by atoms with van der Waals surface area (Å²) in [5.74, 6) is 0. The average molecular weight is 205 g/mol. The SMILES string of the molecule is CNC(=S)N(C)c1cccc(C#N)c1. The van der Waals surface area contributed by atoms with Crippen LogP contribution in [0.1, 0.15) is 5.56 Å². The van der Waals surface area contributed by atoms with Crippen molar-refractivity contribution in [3.8, 4) is 6.07 Å². The van der Waals surface area contributed by atoms with E-state index in [2.05, 4.69) is 11.4 Å². The maximum Gasteiger partial charge on any atom is 0.172 e. The van der Waals surface area contributed by atoms with E-state index >= 15 is 0 Å². The summed E-state index contributed by atoms with van der Waals surface area (Å²) in [6.45, 7) is 0. The van der Waals surface area contributed by atoms with Crippen molar-refractivity contribution >= 4 is 23.0 Å². The Morgan fingerprint density at radius 2 is 2.29 bits per heavy atom. The Balaban J connectivity index is 2.96. The van der Waals surface area contributed by atoms with Gasteiger partial charge in [-0.15, -0.1) is 0 Å². The summed E-state index contributed by atoms with van der Waals surface area (Å²) in [5, 5.41) is 12.2. The number of rotatable bonds is 1. The summed E-state index contributed by atoms with van der Waals surface area (Å²) < 4.78 is 0. The lowest BCUT2D eigenvalue weighted by Gasteiger charge is -2.19. The molecule has 1 rings (SSSR count). The molecule has 0 atom stereocenters. The van der Waals surface area contributed by atoms with Gasteiger partial charge < -0.3 is 10.2 Å². The second-order valence-corrected chi connectivity index (χ2v) is 3.16. The molecule has 14 heavy (non-hydrogen) atoms. The van der Waals surface area contributed by atoms with E-state index in [0.717, 1.165) is 5.69 Å². The van der Waals surface area contributed by atoms with Gasteiger partial charge in [0, 0.05) is 19.8 Å². The van der Waals surface area contributed by atoms with Crippen LogP contribution in [0.15, 0.2) is 24.3 Å². The fraction of sp³-hybridized carbons (Fsp3) is 0.200. The Morgan fingerprint density at radius 3 is 2.86 bits per heavy atom. The molecule has 0 aromatic heterocycles. The zero-order valence-corrected chi connectivity index (χ0v) is 8.93. The van der Waals surface area contributed by atoms with Gasteiger partial charge in [0.25, 0.3) is 0 Å². The maximum atomic E-state index is 8.72. The van der Waals surface area contributed by atoms with E-state index in [4.69, 9.17) is 17.5 Å². The lowest BCUT2D eigenvalue weighted by molar-refractivity contribution is 1.12. The Kier molecular flexibility index (Phi) is 3.43. The van der Waals surface area contributed by atoms with Gasteiger partial charge in [-0.25, -0.2) is 0 Å². The highest BCUT2D eigenvalue weighted by Gasteiger charge is 2.04. The first-order chi connectivity index (χ1) is 6.69. The van der Waals surface area contributed by atoms with Crippen LogP contribution in [0.5, 0.6) is 0 Å². The van der Waals surface area contributed by atoms with Crippen molar-refractivity contribution in [2.45, 2.75) is 0 Å². The van der Waals surface area contributed by atoms with Crippen molar-refractivity contribution in [3.05, 3.63) is 29.8 Å². The van der Waals surface area contributed by atoms with E-state index in [1.54, 1.807) is 19.2 Å². The molecule has 0 aliphatic rings. The third kappa shape index (κ3) is 2.21. The van der Waals surface area contributed by atoms with Gasteiger partial charge in [-0.05, 0) is 30.4 Å². The highest BCUT2D eigenvalue weighted by molar-refractivity contribution is 7.80. The van der Waals surface area contributed by atoms with Crippen molar-refractivity contribution in [1.82, 2.24) is 5.32 Å². The first-order valence-electron chi connectivity index (χ1n) is 4.14. The smallest absolute Gasteiger partial charge is 0.172 e. The summed E-state index contributed by atoms with van der Waals surface area (Å²) >= 11 is 5.07. The van der Waals surface area contributed by atoms with Gasteiger partial charge in [0.1, 0.15) is 0 Å². The zero-order valence-electron chi connectivity index (χ0n) is 8.11. The molecule has 0 aliphatic carbocycles. The molecule has 1 N–H and O–H groups in total. The number of nitriles is 1. The number of hydrogen-bond donors (Lipinski definition) is 1. The minimum Gasteiger partial charge on any atom is -0.365 e. The summed E-state index contributed by atoms with van der Waals surface area (Å²) in [6, 6.07) is 9.39. The molecular formula is C10H11N3S. The Bertz CT molecular complexity index is 381. The lowest BCUT2D eigenvalue weighted by atomic mass is 10.2. The van der Waals surface area contributed by atoms with Crippen LogP contribution in [0.3, 0.4) is 0 Å². The van der Waals surface area contributed by atoms with Crippen molar-refractivity contribution in [1.29, 1.82) is 5.26 Å². The number of hydrogen-bond acceptors (Lipinski definition) is 2. The van der Waals surface area contributed by atoms with Gasteiger partial charge in [-0.2, -0.15) is 5.26 Å². The third-order valence-corrected chi connectivity index (χ3v) is 2.36. The molecule has 0 spiro atoms. The lowest BCUT2D eigenvalue weighted by Crippen LogP contribution is -2.34. The van der Waals surface area contributed by atoms with Crippen molar-refractivity contribution in [2.75, 3.05) is 19.0 Å². The second kappa shape index (κ2) is 4.58. The Hall–Kier alpha value is -1.60. The monoisotopic (exact) mass is 205 g/mol. The van der Waals surface area contributed by atoms with E-state index in [0.29, 0.717) is 10.7 Å². The van der Waals surface area contributed by atoms with E-state index in [9.17, 15) is 0 Å². The van der Waals surface area contributed by atoms with E-state index in [-0.39, 0.29) is 0 Å². The fourth-order valence-electron chi connectivity index (χ4n) is 1.07. The summed E-state index contributed by atoms with van der Waals surface area (Å²) in [6.07, 6.45) is 0. The number of nitrogens with one attached hydrogen (secondary N) is 1. The predicted molar refractivity (Wildman–Crippen MR) is 61.2 cm³/mol. The van der Waals surface area contributed by atoms with Crippen molar-refractivity contribution < 1.29 is 0 Å². The molecular weight excluding hydrogens is 194 g/mol. The first kappa shape index (κ1) is 10.5. The number of thiocarbonyl (C=S) groups is 1. The molecule has 0 saturated heterocycles. The molecule has 1 aromatic carbocycles. The number of anilines is 1. The summed E-state index contributed by atoms with van der Waals surface area (Å²) in [5.41, 5.74) is 1.54. The van der Waals surface area contributed by atoms with Gasteiger partial charge in [0.15, 0.2) is 5.11 Å². The van der Waals surface area contributed by atoms with Crippen LogP contribution in [0.2, 0.25) is 0 Å². The molecule has 0 aliphatic heterocycles. The minimum atomic E-state index is 0.625. The van der Waals surface area contributed by atoms with Crippen LogP contribution in [0, 0.1) is 11.3 Å². The highest BCUT2D eigenvalue weighted by Crippen LogP contribution is 2.14. The van der Waals surface area contributed by atoms with Gasteiger partial charge >= 0.3 is 0 Å². The van der Waals surface area contributed by atoms with Gasteiger partial charge in [0.05, 0.1) is 11.6 Å². The van der Waals surface area contributed by atoms with E-state index in [1.165, 1.54) is 0 Å². The van der Waals surface area contributed by atoms with Crippen molar-refractivity contribution in [3.63, 3.8) is 0 Å². The van der Waals surface area contributed by atoms with Crippen LogP contribution < -0.4 is 10.2 Å². The normalized spacial score (nSPS) is 8.93. The molecule has 0 unspecified atom stereocenters. The Morgan fingerprint density at radius 1 is 1.57 bits per heavy atom. The average Bonchev–Trinajstić information content (AvgIpc) is 2.27. The minimum absolute atomic E-state index is 0.625. The van der Waals surface area contributed by atoms with Crippen LogP contribution in [-0.2, 0) is 0 Å². The number of nitrogens with zero attached hydrogens (tertiary/aromatic N) is 2. The van der Waals surface area contributed by atoms with Gasteiger partial charge in [-0.3, -0.25) is 0 Å². The van der Waals surface area contributed by atoms with Crippen LogP contribution in [0.4, 0.5) is 5.69 Å². The quantitative estimate of drug-likeness (QED) is 0.705. The molecule has 72 valence electrons. The van der Waals surface area contributed by atoms with Gasteiger partial charge in [-0.1, -0.05) is 6.07 Å². The standard InChI is InChI=1S/C10H11N3S/c1-12-10(14)13(2)9-5-3-4-8(6-9)7-11/h3-6H,1-2H3,(H,12,14). The summed E-state index contributed by atoms with van der Waals surface area (Å²) in [4.78, 5) is 1.82. The molecule has 3 nitrogen and oxygen atoms in total. The Labute approximate surface area is 89.0 Å². The molecule has 1 aromatic rings. The fourth-order valence-corrected chi connectivity index (χ4v) is 1.17. The molecule has 0 saturated carbocycles. The summed E-state index contributed by atoms with van der Waals surface area (Å²) in [7, 11) is 3.63. The zero-order chi connectivity index (χ0) is 10.6. The highest BCUT2D eigenvalue weighted by atomic mass is 32.1. The molecule has 0 amide bonds. The maximum absolute atomic E-state index is 8.72. The molecule has 0 bridgehead atoms. The van der Waals surface area contributed by atoms with E-state index in [1.807, 2.05) is 24.1 Å². The largest absolute Gasteiger partial charge is 0.365 e. The second-order valence-electron chi connectivity index (χ2n) is 2.78. The predicted octanol–water partition coefficient (Wildman–Crippen LogP) is 1.50. The number of benzene rings is 1. The molecule has 0 fully saturated rings. The van der Waals surface area contributed by atoms with Gasteiger partial charge in [0.2, 0.25) is 0 Å². The van der Waals surface area contributed by atoms with E-state index < -0.39 is 0 Å². The topological polar surface area (TPSA) is 39.1 Å². The third-order valence-electron chi connectivity index (χ3n) is 1.88. The van der Waals surface area contributed by atoms with Crippen LogP contribution >= 0.6 is 12.2 Å².